The van der Waals surface area contributed by atoms with Crippen LogP contribution in [0.5, 0.6) is 0 Å². The molecule has 1 saturated heterocycles. The molecule has 0 unspecified atom stereocenters. The Balaban J connectivity index is 1.57. The molecule has 1 aromatic carbocycles. The van der Waals surface area contributed by atoms with Gasteiger partial charge in [-0.25, -0.2) is 12.9 Å². The number of pyridine rings is 1. The molecule has 6 nitrogen and oxygen atoms in total. The average molecular weight is 391 g/mol. The van der Waals surface area contributed by atoms with Gasteiger partial charge in [-0.05, 0) is 17.2 Å². The molecule has 0 amide bonds. The van der Waals surface area contributed by atoms with Crippen LogP contribution in [0.4, 0.5) is 5.82 Å². The Labute approximate surface area is 157 Å². The Morgan fingerprint density at radius 3 is 2.50 bits per heavy atom. The maximum absolute atomic E-state index is 11.5. The number of hydrogen-bond donors (Lipinski definition) is 1. The molecule has 8 heteroatoms. The summed E-state index contributed by atoms with van der Waals surface area (Å²) < 4.78 is 24.8. The smallest absolute Gasteiger partial charge is 0.165 e. The van der Waals surface area contributed by atoms with Gasteiger partial charge in [-0.15, -0.1) is 5.10 Å². The van der Waals surface area contributed by atoms with Gasteiger partial charge in [-0.2, -0.15) is 0 Å². The molecule has 0 aliphatic carbocycles. The second-order valence-electron chi connectivity index (χ2n) is 6.54. The highest BCUT2D eigenvalue weighted by molar-refractivity contribution is 7.91. The zero-order valence-electron chi connectivity index (χ0n) is 14.1. The molecular formula is C18H19ClN4O2S. The van der Waals surface area contributed by atoms with Crippen molar-refractivity contribution in [3.05, 3.63) is 53.2 Å². The van der Waals surface area contributed by atoms with Crippen LogP contribution < -0.4 is 5.73 Å². The van der Waals surface area contributed by atoms with Gasteiger partial charge in [-0.3, -0.25) is 4.90 Å². The summed E-state index contributed by atoms with van der Waals surface area (Å²) in [7, 11) is -2.85. The molecular weight excluding hydrogens is 372 g/mol. The van der Waals surface area contributed by atoms with Gasteiger partial charge >= 0.3 is 0 Å². The summed E-state index contributed by atoms with van der Waals surface area (Å²) in [6.45, 7) is 1.93. The predicted octanol–water partition coefficient (Wildman–Crippen LogP) is 2.47. The Hall–Kier alpha value is -2.09. The average Bonchev–Trinajstić information content (AvgIpc) is 2.92. The van der Waals surface area contributed by atoms with E-state index in [1.807, 2.05) is 30.5 Å². The molecule has 0 spiro atoms. The monoisotopic (exact) mass is 390 g/mol. The molecule has 0 atom stereocenters. The van der Waals surface area contributed by atoms with Crippen molar-refractivity contribution in [3.63, 3.8) is 0 Å². The molecule has 26 heavy (non-hydrogen) atoms. The number of anilines is 1. The summed E-state index contributed by atoms with van der Waals surface area (Å²) in [5.41, 5.74) is 9.78. The van der Waals surface area contributed by atoms with Crippen molar-refractivity contribution >= 4 is 32.8 Å². The fourth-order valence-electron chi connectivity index (χ4n) is 3.27. The van der Waals surface area contributed by atoms with Crippen LogP contribution in [0.2, 0.25) is 5.02 Å². The summed E-state index contributed by atoms with van der Waals surface area (Å²) in [5.74, 6) is 0.804. The predicted molar refractivity (Wildman–Crippen MR) is 104 cm³/mol. The van der Waals surface area contributed by atoms with Crippen LogP contribution in [-0.2, 0) is 16.4 Å². The third kappa shape index (κ3) is 3.30. The van der Waals surface area contributed by atoms with Gasteiger partial charge < -0.3 is 5.73 Å². The van der Waals surface area contributed by atoms with Crippen LogP contribution >= 0.6 is 11.6 Å². The number of nitrogens with two attached hydrogens (primary N) is 1. The van der Waals surface area contributed by atoms with Crippen LogP contribution in [0, 0.1) is 0 Å². The number of nitrogens with zero attached hydrogens (tertiary/aromatic N) is 3. The van der Waals surface area contributed by atoms with Crippen molar-refractivity contribution in [2.24, 2.45) is 0 Å². The minimum absolute atomic E-state index is 0.244. The number of benzene rings is 1. The van der Waals surface area contributed by atoms with Crippen LogP contribution in [-0.4, -0.2) is 47.5 Å². The maximum atomic E-state index is 11.5. The van der Waals surface area contributed by atoms with Crippen LogP contribution in [0.15, 0.2) is 42.6 Å². The van der Waals surface area contributed by atoms with Crippen molar-refractivity contribution in [1.82, 2.24) is 14.5 Å². The van der Waals surface area contributed by atoms with Gasteiger partial charge in [0.25, 0.3) is 0 Å². The third-order valence-corrected chi connectivity index (χ3v) is 6.71. The van der Waals surface area contributed by atoms with Crippen molar-refractivity contribution in [3.8, 4) is 11.1 Å². The summed E-state index contributed by atoms with van der Waals surface area (Å²) in [5, 5.41) is 4.67. The topological polar surface area (TPSA) is 80.7 Å². The van der Waals surface area contributed by atoms with Gasteiger partial charge in [0.2, 0.25) is 0 Å². The molecule has 0 radical (unpaired) electrons. The lowest BCUT2D eigenvalue weighted by Crippen LogP contribution is -2.39. The number of hydrogen-bond acceptors (Lipinski definition) is 5. The molecule has 2 aromatic heterocycles. The molecule has 4 rings (SSSR count). The van der Waals surface area contributed by atoms with Crippen LogP contribution in [0.25, 0.3) is 16.6 Å². The van der Waals surface area contributed by atoms with Crippen LogP contribution in [0.3, 0.4) is 0 Å². The molecule has 1 fully saturated rings. The van der Waals surface area contributed by atoms with Gasteiger partial charge in [0.05, 0.1) is 17.0 Å². The quantitative estimate of drug-likeness (QED) is 0.743. The summed E-state index contributed by atoms with van der Waals surface area (Å²) >= 11 is 6.32. The van der Waals surface area contributed by atoms with Gasteiger partial charge in [0.15, 0.2) is 15.7 Å². The third-order valence-electron chi connectivity index (χ3n) is 4.73. The van der Waals surface area contributed by atoms with Gasteiger partial charge in [0.1, 0.15) is 5.02 Å². The lowest BCUT2D eigenvalue weighted by Gasteiger charge is -2.26. The van der Waals surface area contributed by atoms with E-state index in [1.165, 1.54) is 0 Å². The summed E-state index contributed by atoms with van der Waals surface area (Å²) in [4.78, 5) is 2.17. The van der Waals surface area contributed by atoms with Crippen molar-refractivity contribution in [2.75, 3.05) is 30.3 Å². The molecule has 0 saturated carbocycles. The Morgan fingerprint density at radius 1 is 1.12 bits per heavy atom. The second-order valence-corrected chi connectivity index (χ2v) is 9.22. The molecule has 136 valence electrons. The van der Waals surface area contributed by atoms with E-state index in [-0.39, 0.29) is 11.5 Å². The number of nitrogen functional groups attached to an aromatic ring is 1. The highest BCUT2D eigenvalue weighted by Crippen LogP contribution is 2.32. The normalized spacial score (nSPS) is 17.6. The lowest BCUT2D eigenvalue weighted by molar-refractivity contribution is 0.287. The van der Waals surface area contributed by atoms with Gasteiger partial charge in [-0.1, -0.05) is 41.9 Å². The first-order chi connectivity index (χ1) is 12.4. The SMILES string of the molecule is Nc1nn2cccc(-c3ccc(CN4CCS(=O)(=O)CC4)cc3)c2c1Cl. The second kappa shape index (κ2) is 6.57. The molecule has 1 aliphatic heterocycles. The van der Waals surface area contributed by atoms with E-state index < -0.39 is 9.84 Å². The van der Waals surface area contributed by atoms with E-state index in [1.54, 1.807) is 4.52 Å². The van der Waals surface area contributed by atoms with E-state index >= 15 is 0 Å². The molecule has 1 aliphatic rings. The number of fused-ring (bicyclic) bond motifs is 1. The van der Waals surface area contributed by atoms with Crippen molar-refractivity contribution in [1.29, 1.82) is 0 Å². The molecule has 3 aromatic rings. The zero-order chi connectivity index (χ0) is 18.3. The molecule has 0 bridgehead atoms. The minimum Gasteiger partial charge on any atom is -0.381 e. The van der Waals surface area contributed by atoms with Crippen LogP contribution in [0.1, 0.15) is 5.56 Å². The summed E-state index contributed by atoms with van der Waals surface area (Å²) in [6.07, 6.45) is 1.82. The zero-order valence-corrected chi connectivity index (χ0v) is 15.7. The number of sulfone groups is 1. The van der Waals surface area contributed by atoms with E-state index in [9.17, 15) is 8.42 Å². The maximum Gasteiger partial charge on any atom is 0.165 e. The number of halogens is 1. The largest absolute Gasteiger partial charge is 0.381 e. The first-order valence-electron chi connectivity index (χ1n) is 8.37. The van der Waals surface area contributed by atoms with E-state index in [4.69, 9.17) is 17.3 Å². The van der Waals surface area contributed by atoms with E-state index in [0.717, 1.165) is 28.8 Å². The minimum atomic E-state index is -2.85. The number of rotatable bonds is 3. The van der Waals surface area contributed by atoms with Crippen molar-refractivity contribution in [2.45, 2.75) is 6.54 Å². The standard InChI is InChI=1S/C18H19ClN4O2S/c19-16-17-15(2-1-7-23(17)21-18(16)20)14-5-3-13(4-6-14)12-22-8-10-26(24,25)11-9-22/h1-7H,8-12H2,(H2,20,21). The fourth-order valence-corrected chi connectivity index (χ4v) is 4.77. The molecule has 2 N–H and O–H groups in total. The summed E-state index contributed by atoms with van der Waals surface area (Å²) in [6, 6.07) is 12.1. The Morgan fingerprint density at radius 2 is 1.81 bits per heavy atom. The first kappa shape index (κ1) is 17.3. The van der Waals surface area contributed by atoms with Crippen molar-refractivity contribution < 1.29 is 8.42 Å². The highest BCUT2D eigenvalue weighted by atomic mass is 35.5. The first-order valence-corrected chi connectivity index (χ1v) is 10.6. The van der Waals surface area contributed by atoms with E-state index in [2.05, 4.69) is 22.1 Å². The van der Waals surface area contributed by atoms with E-state index in [0.29, 0.717) is 23.9 Å². The van der Waals surface area contributed by atoms with Gasteiger partial charge in [0, 0.05) is 31.4 Å². The Kier molecular flexibility index (Phi) is 4.38. The fraction of sp³-hybridized carbons (Fsp3) is 0.278. The highest BCUT2D eigenvalue weighted by Gasteiger charge is 2.21. The number of aromatic nitrogens is 2. The molecule has 3 heterocycles. The Bertz CT molecular complexity index is 1050. The lowest BCUT2D eigenvalue weighted by atomic mass is 10.0.